The SMILES string of the molecule is CCc1nc(-c2cccc3c(-c4ccc(C(=O)OC)nc4)ncn23)c2n1CCN(C(=O)OC(C)(C)C)C2. The minimum atomic E-state index is -0.561. The van der Waals surface area contributed by atoms with Gasteiger partial charge in [-0.15, -0.1) is 0 Å². The summed E-state index contributed by atoms with van der Waals surface area (Å²) in [6.07, 6.45) is 3.84. The van der Waals surface area contributed by atoms with Crippen molar-refractivity contribution < 1.29 is 19.1 Å². The van der Waals surface area contributed by atoms with Crippen LogP contribution in [0, 0.1) is 0 Å². The molecule has 0 spiro atoms. The van der Waals surface area contributed by atoms with Gasteiger partial charge < -0.3 is 18.9 Å². The third-order valence-electron chi connectivity index (χ3n) is 6.30. The van der Waals surface area contributed by atoms with E-state index in [9.17, 15) is 9.59 Å². The van der Waals surface area contributed by atoms with E-state index in [0.717, 1.165) is 46.1 Å². The summed E-state index contributed by atoms with van der Waals surface area (Å²) in [6, 6.07) is 9.39. The predicted octanol–water partition coefficient (Wildman–Crippen LogP) is 4.36. The third-order valence-corrected chi connectivity index (χ3v) is 6.30. The smallest absolute Gasteiger partial charge is 0.410 e. The van der Waals surface area contributed by atoms with E-state index in [0.29, 0.717) is 19.6 Å². The molecule has 5 heterocycles. The van der Waals surface area contributed by atoms with Crippen molar-refractivity contribution in [3.8, 4) is 22.6 Å². The second-order valence-electron chi connectivity index (χ2n) is 9.91. The number of rotatable bonds is 4. The standard InChI is InChI=1S/C27H30N6O4/c1-6-22-30-24(21-15-31(12-13-32(21)22)26(35)37-27(2,3)4)20-9-7-8-19-23(29-16-33(19)20)17-10-11-18(28-14-17)25(34)36-5/h7-11,14,16H,6,12-13,15H2,1-5H3. The van der Waals surface area contributed by atoms with Crippen LogP contribution in [0.3, 0.4) is 0 Å². The predicted molar refractivity (Wildman–Crippen MR) is 137 cm³/mol. The molecule has 0 unspecified atom stereocenters. The van der Waals surface area contributed by atoms with Gasteiger partial charge in [0, 0.05) is 31.3 Å². The molecule has 1 aliphatic heterocycles. The van der Waals surface area contributed by atoms with E-state index in [1.807, 2.05) is 43.4 Å². The maximum atomic E-state index is 12.8. The van der Waals surface area contributed by atoms with Crippen molar-refractivity contribution >= 4 is 17.6 Å². The summed E-state index contributed by atoms with van der Waals surface area (Å²) in [5.74, 6) is 0.494. The highest BCUT2D eigenvalue weighted by atomic mass is 16.6. The maximum absolute atomic E-state index is 12.8. The summed E-state index contributed by atoms with van der Waals surface area (Å²) in [5, 5.41) is 0. The Hall–Kier alpha value is -4.21. The number of methoxy groups -OCH3 is 1. The molecule has 0 saturated heterocycles. The van der Waals surface area contributed by atoms with E-state index in [2.05, 4.69) is 21.5 Å². The molecule has 0 saturated carbocycles. The van der Waals surface area contributed by atoms with Crippen LogP contribution in [0.2, 0.25) is 0 Å². The van der Waals surface area contributed by atoms with Crippen LogP contribution in [-0.4, -0.2) is 60.1 Å². The second kappa shape index (κ2) is 9.34. The fraction of sp³-hybridized carbons (Fsp3) is 0.370. The molecule has 0 fully saturated rings. The highest BCUT2D eigenvalue weighted by Gasteiger charge is 2.30. The quantitative estimate of drug-likeness (QED) is 0.382. The monoisotopic (exact) mass is 502 g/mol. The fourth-order valence-electron chi connectivity index (χ4n) is 4.59. The van der Waals surface area contributed by atoms with Crippen molar-refractivity contribution in [2.75, 3.05) is 13.7 Å². The maximum Gasteiger partial charge on any atom is 0.410 e. The number of aromatic nitrogens is 5. The summed E-state index contributed by atoms with van der Waals surface area (Å²) < 4.78 is 14.6. The van der Waals surface area contributed by atoms with Crippen LogP contribution in [0.25, 0.3) is 28.2 Å². The van der Waals surface area contributed by atoms with Gasteiger partial charge in [0.2, 0.25) is 0 Å². The largest absolute Gasteiger partial charge is 0.464 e. The topological polar surface area (TPSA) is 104 Å². The summed E-state index contributed by atoms with van der Waals surface area (Å²) >= 11 is 0. The van der Waals surface area contributed by atoms with Crippen molar-refractivity contribution in [2.45, 2.75) is 52.8 Å². The lowest BCUT2D eigenvalue weighted by Gasteiger charge is -2.31. The molecule has 1 amide bonds. The molecule has 4 aromatic heterocycles. The molecular weight excluding hydrogens is 472 g/mol. The number of carbonyl (C=O) groups is 2. The Morgan fingerprint density at radius 2 is 1.86 bits per heavy atom. The van der Waals surface area contributed by atoms with E-state index in [1.54, 1.807) is 29.6 Å². The van der Waals surface area contributed by atoms with Crippen LogP contribution < -0.4 is 0 Å². The Balaban J connectivity index is 1.54. The second-order valence-corrected chi connectivity index (χ2v) is 9.91. The summed E-state index contributed by atoms with van der Waals surface area (Å²) in [5.41, 5.74) is 4.75. The molecule has 10 nitrogen and oxygen atoms in total. The number of hydrogen-bond donors (Lipinski definition) is 0. The van der Waals surface area contributed by atoms with Gasteiger partial charge in [0.25, 0.3) is 0 Å². The number of imidazole rings is 2. The van der Waals surface area contributed by atoms with Crippen molar-refractivity contribution in [3.05, 3.63) is 60.1 Å². The molecule has 37 heavy (non-hydrogen) atoms. The number of pyridine rings is 2. The normalized spacial score (nSPS) is 13.5. The van der Waals surface area contributed by atoms with Crippen LogP contribution in [-0.2, 0) is 29.0 Å². The van der Waals surface area contributed by atoms with E-state index < -0.39 is 11.6 Å². The van der Waals surface area contributed by atoms with Crippen LogP contribution >= 0.6 is 0 Å². The number of amides is 1. The van der Waals surface area contributed by atoms with Gasteiger partial charge in [-0.1, -0.05) is 13.0 Å². The Labute approximate surface area is 214 Å². The zero-order chi connectivity index (χ0) is 26.3. The highest BCUT2D eigenvalue weighted by molar-refractivity contribution is 5.88. The molecule has 192 valence electrons. The molecule has 10 heteroatoms. The minimum Gasteiger partial charge on any atom is -0.464 e. The Kier molecular flexibility index (Phi) is 6.18. The van der Waals surface area contributed by atoms with Crippen molar-refractivity contribution in [3.63, 3.8) is 0 Å². The zero-order valence-electron chi connectivity index (χ0n) is 21.7. The summed E-state index contributed by atoms with van der Waals surface area (Å²) in [4.78, 5) is 40.2. The Morgan fingerprint density at radius 1 is 1.05 bits per heavy atom. The van der Waals surface area contributed by atoms with Gasteiger partial charge in [0.15, 0.2) is 0 Å². The highest BCUT2D eigenvalue weighted by Crippen LogP contribution is 2.32. The van der Waals surface area contributed by atoms with Gasteiger partial charge >= 0.3 is 12.1 Å². The molecule has 4 aromatic rings. The van der Waals surface area contributed by atoms with Crippen LogP contribution in [0.15, 0.2) is 42.9 Å². The van der Waals surface area contributed by atoms with Crippen LogP contribution in [0.5, 0.6) is 0 Å². The van der Waals surface area contributed by atoms with Gasteiger partial charge in [0.1, 0.15) is 29.1 Å². The lowest BCUT2D eigenvalue weighted by Crippen LogP contribution is -2.41. The van der Waals surface area contributed by atoms with Crippen molar-refractivity contribution in [2.24, 2.45) is 0 Å². The Morgan fingerprint density at radius 3 is 2.54 bits per heavy atom. The fourth-order valence-corrected chi connectivity index (χ4v) is 4.59. The first kappa shape index (κ1) is 24.5. The number of carbonyl (C=O) groups excluding carboxylic acids is 2. The van der Waals surface area contributed by atoms with Gasteiger partial charge in [0.05, 0.1) is 36.3 Å². The van der Waals surface area contributed by atoms with Crippen LogP contribution in [0.1, 0.15) is 49.7 Å². The molecule has 5 rings (SSSR count). The molecule has 0 radical (unpaired) electrons. The molecule has 0 atom stereocenters. The average Bonchev–Trinajstić information content (AvgIpc) is 3.48. The van der Waals surface area contributed by atoms with E-state index in [-0.39, 0.29) is 11.8 Å². The summed E-state index contributed by atoms with van der Waals surface area (Å²) in [6.45, 7) is 9.34. The molecule has 0 N–H and O–H groups in total. The zero-order valence-corrected chi connectivity index (χ0v) is 21.7. The average molecular weight is 503 g/mol. The first-order valence-electron chi connectivity index (χ1n) is 12.3. The summed E-state index contributed by atoms with van der Waals surface area (Å²) in [7, 11) is 1.33. The number of fused-ring (bicyclic) bond motifs is 2. The molecular formula is C27H30N6O4. The van der Waals surface area contributed by atoms with Crippen molar-refractivity contribution in [1.82, 2.24) is 28.8 Å². The molecule has 0 bridgehead atoms. The first-order chi connectivity index (χ1) is 17.7. The van der Waals surface area contributed by atoms with Gasteiger partial charge in [-0.2, -0.15) is 0 Å². The lowest BCUT2D eigenvalue weighted by molar-refractivity contribution is 0.0198. The lowest BCUT2D eigenvalue weighted by atomic mass is 10.1. The first-order valence-corrected chi connectivity index (χ1v) is 12.3. The number of nitrogens with zero attached hydrogens (tertiary/aromatic N) is 6. The number of aryl methyl sites for hydroxylation is 1. The molecule has 0 aliphatic carbocycles. The third kappa shape index (κ3) is 4.54. The molecule has 0 aromatic carbocycles. The van der Waals surface area contributed by atoms with E-state index in [4.69, 9.17) is 14.5 Å². The number of hydrogen-bond acceptors (Lipinski definition) is 7. The Bertz CT molecular complexity index is 1480. The van der Waals surface area contributed by atoms with E-state index >= 15 is 0 Å². The number of esters is 1. The van der Waals surface area contributed by atoms with Gasteiger partial charge in [-0.3, -0.25) is 4.40 Å². The van der Waals surface area contributed by atoms with Crippen molar-refractivity contribution in [1.29, 1.82) is 0 Å². The van der Waals surface area contributed by atoms with Gasteiger partial charge in [-0.25, -0.2) is 24.5 Å². The van der Waals surface area contributed by atoms with E-state index in [1.165, 1.54) is 7.11 Å². The molecule has 1 aliphatic rings. The minimum absolute atomic E-state index is 0.238. The van der Waals surface area contributed by atoms with Gasteiger partial charge in [-0.05, 0) is 45.0 Å². The number of ether oxygens (including phenoxy) is 2. The van der Waals surface area contributed by atoms with Crippen LogP contribution in [0.4, 0.5) is 4.79 Å².